The minimum absolute atomic E-state index is 0.0798. The maximum atomic E-state index is 12.8. The van der Waals surface area contributed by atoms with Crippen LogP contribution in [0.25, 0.3) is 0 Å². The normalized spacial score (nSPS) is 23.6. The van der Waals surface area contributed by atoms with Gasteiger partial charge in [-0.15, -0.1) is 0 Å². The van der Waals surface area contributed by atoms with Crippen LogP contribution in [0.2, 0.25) is 0 Å². The van der Waals surface area contributed by atoms with E-state index in [1.165, 1.54) is 4.90 Å². The van der Waals surface area contributed by atoms with Crippen LogP contribution < -0.4 is 5.73 Å². The predicted octanol–water partition coefficient (Wildman–Crippen LogP) is 3.60. The molecule has 2 amide bonds. The van der Waals surface area contributed by atoms with Crippen LogP contribution in [-0.4, -0.2) is 52.0 Å². The molecule has 0 aromatic rings. The molecular formula is C19H33N3O5. The molecule has 0 aliphatic carbocycles. The number of rotatable bonds is 2. The predicted molar refractivity (Wildman–Crippen MR) is 103 cm³/mol. The van der Waals surface area contributed by atoms with Gasteiger partial charge < -0.3 is 19.9 Å². The molecule has 0 radical (unpaired) electrons. The molecule has 1 aliphatic rings. The third kappa shape index (κ3) is 6.53. The van der Waals surface area contributed by atoms with E-state index in [0.717, 1.165) is 0 Å². The fourth-order valence-corrected chi connectivity index (χ4v) is 2.67. The molecule has 2 N–H and O–H groups in total. The van der Waals surface area contributed by atoms with Gasteiger partial charge in [0.25, 0.3) is 0 Å². The smallest absolute Gasteiger partial charge is 0.435 e. The summed E-state index contributed by atoms with van der Waals surface area (Å²) in [6.45, 7) is 15.8. The highest BCUT2D eigenvalue weighted by Crippen LogP contribution is 2.34. The Kier molecular flexibility index (Phi) is 6.70. The fourth-order valence-electron chi connectivity index (χ4n) is 2.67. The molecule has 8 nitrogen and oxygen atoms in total. The van der Waals surface area contributed by atoms with Gasteiger partial charge in [-0.05, 0) is 62.3 Å². The maximum Gasteiger partial charge on any atom is 0.435 e. The third-order valence-electron chi connectivity index (χ3n) is 3.48. The van der Waals surface area contributed by atoms with Crippen LogP contribution in [0.1, 0.15) is 62.3 Å². The first kappa shape index (κ1) is 23.0. The van der Waals surface area contributed by atoms with E-state index in [9.17, 15) is 9.59 Å². The average molecular weight is 383 g/mol. The zero-order valence-electron chi connectivity index (χ0n) is 17.8. The Morgan fingerprint density at radius 1 is 1.11 bits per heavy atom. The highest BCUT2D eigenvalue weighted by atomic mass is 16.6. The van der Waals surface area contributed by atoms with Crippen molar-refractivity contribution in [1.82, 2.24) is 4.90 Å². The lowest BCUT2D eigenvalue weighted by atomic mass is 10.1. The van der Waals surface area contributed by atoms with E-state index in [1.54, 1.807) is 67.5 Å². The minimum Gasteiger partial charge on any atom is -0.444 e. The van der Waals surface area contributed by atoms with E-state index in [2.05, 4.69) is 4.99 Å². The number of hydrogen-bond acceptors (Lipinski definition) is 5. The zero-order valence-corrected chi connectivity index (χ0v) is 17.8. The zero-order chi connectivity index (χ0) is 21.2. The van der Waals surface area contributed by atoms with Crippen LogP contribution >= 0.6 is 0 Å². The number of aliphatic imine (C=N–C) groups is 1. The molecule has 0 spiro atoms. The number of allylic oxidation sites excluding steroid dienone is 1. The van der Waals surface area contributed by atoms with Crippen molar-refractivity contribution in [3.8, 4) is 0 Å². The number of amidine groups is 1. The monoisotopic (exact) mass is 383 g/mol. The van der Waals surface area contributed by atoms with Crippen LogP contribution in [0, 0.1) is 0 Å². The molecule has 1 fully saturated rings. The Balaban J connectivity index is 3.28. The minimum atomic E-state index is -1.01. The molecule has 0 saturated carbocycles. The van der Waals surface area contributed by atoms with E-state index < -0.39 is 41.3 Å². The lowest BCUT2D eigenvalue weighted by Crippen LogP contribution is -2.54. The van der Waals surface area contributed by atoms with Gasteiger partial charge in [0, 0.05) is 0 Å². The number of ether oxygens (including phenoxy) is 3. The van der Waals surface area contributed by atoms with Crippen LogP contribution in [0.15, 0.2) is 17.1 Å². The second kappa shape index (κ2) is 7.88. The molecule has 0 bridgehead atoms. The first-order valence-electron chi connectivity index (χ1n) is 8.97. The maximum absolute atomic E-state index is 12.8. The average Bonchev–Trinajstić information content (AvgIpc) is 2.65. The third-order valence-corrected chi connectivity index (χ3v) is 3.48. The Bertz CT molecular complexity index is 626. The van der Waals surface area contributed by atoms with Crippen LogP contribution in [0.5, 0.6) is 0 Å². The van der Waals surface area contributed by atoms with Crippen molar-refractivity contribution in [1.29, 1.82) is 0 Å². The number of carbonyl (C=O) groups excluding carboxylic acids is 2. The molecule has 0 unspecified atom stereocenters. The summed E-state index contributed by atoms with van der Waals surface area (Å²) in [5.74, 6) is -0.0798. The van der Waals surface area contributed by atoms with E-state index >= 15 is 0 Å². The number of hydrogen-bond donors (Lipinski definition) is 1. The van der Waals surface area contributed by atoms with Gasteiger partial charge in [0.15, 0.2) is 0 Å². The number of amides is 2. The quantitative estimate of drug-likeness (QED) is 0.444. The molecule has 1 rings (SSSR count). The van der Waals surface area contributed by atoms with Crippen molar-refractivity contribution >= 4 is 18.0 Å². The summed E-state index contributed by atoms with van der Waals surface area (Å²) in [4.78, 5) is 30.1. The lowest BCUT2D eigenvalue weighted by Gasteiger charge is -2.34. The summed E-state index contributed by atoms with van der Waals surface area (Å²) in [6, 6.07) is -0.807. The summed E-state index contributed by atoms with van der Waals surface area (Å²) >= 11 is 0. The molecule has 1 saturated heterocycles. The Labute approximate surface area is 161 Å². The van der Waals surface area contributed by atoms with Crippen molar-refractivity contribution in [2.45, 2.75) is 91.4 Å². The molecule has 8 heteroatoms. The standard InChI is InChI=1S/C19H33N3O5/c1-10-11-12-13(14(20)21-15(23)26-17(2,3)4)22(19(8,9)25-12)16(24)27-18(5,6)7/h10-13H,1-9H3,(H2,20,21,23)/b11-10+/t12-,13-/m1/s1. The van der Waals surface area contributed by atoms with Crippen molar-refractivity contribution in [3.05, 3.63) is 12.2 Å². The van der Waals surface area contributed by atoms with Crippen LogP contribution in [-0.2, 0) is 14.2 Å². The second-order valence-electron chi connectivity index (χ2n) is 8.87. The molecule has 27 heavy (non-hydrogen) atoms. The van der Waals surface area contributed by atoms with Gasteiger partial charge in [0.2, 0.25) is 0 Å². The molecule has 0 aromatic carbocycles. The molecular weight excluding hydrogens is 350 g/mol. The van der Waals surface area contributed by atoms with Crippen molar-refractivity contribution < 1.29 is 23.8 Å². The first-order valence-corrected chi connectivity index (χ1v) is 8.97. The van der Waals surface area contributed by atoms with Crippen molar-refractivity contribution in [3.63, 3.8) is 0 Å². The van der Waals surface area contributed by atoms with E-state index in [4.69, 9.17) is 19.9 Å². The van der Waals surface area contributed by atoms with Gasteiger partial charge in [-0.25, -0.2) is 9.59 Å². The Morgan fingerprint density at radius 3 is 2.07 bits per heavy atom. The summed E-state index contributed by atoms with van der Waals surface area (Å²) in [7, 11) is 0. The number of nitrogens with two attached hydrogens (primary N) is 1. The van der Waals surface area contributed by atoms with Gasteiger partial charge in [-0.1, -0.05) is 12.2 Å². The Morgan fingerprint density at radius 2 is 1.63 bits per heavy atom. The van der Waals surface area contributed by atoms with Crippen molar-refractivity contribution in [2.24, 2.45) is 10.7 Å². The van der Waals surface area contributed by atoms with E-state index in [1.807, 2.05) is 6.92 Å². The number of nitrogens with zero attached hydrogens (tertiary/aromatic N) is 2. The molecule has 0 aromatic heterocycles. The molecule has 1 heterocycles. The van der Waals surface area contributed by atoms with E-state index in [-0.39, 0.29) is 5.84 Å². The summed E-state index contributed by atoms with van der Waals surface area (Å²) in [5, 5.41) is 0. The van der Waals surface area contributed by atoms with Gasteiger partial charge >= 0.3 is 12.2 Å². The lowest BCUT2D eigenvalue weighted by molar-refractivity contribution is -0.0707. The van der Waals surface area contributed by atoms with Crippen molar-refractivity contribution in [2.75, 3.05) is 0 Å². The largest absolute Gasteiger partial charge is 0.444 e. The van der Waals surface area contributed by atoms with Crippen LogP contribution in [0.4, 0.5) is 9.59 Å². The van der Waals surface area contributed by atoms with Gasteiger partial charge in [-0.3, -0.25) is 4.90 Å². The molecule has 2 atom stereocenters. The van der Waals surface area contributed by atoms with Gasteiger partial charge in [-0.2, -0.15) is 4.99 Å². The SMILES string of the molecule is C/C=C/[C@H]1OC(C)(C)N(C(=O)OC(C)(C)C)[C@H]1/C(N)=N\C(=O)OC(C)(C)C. The summed E-state index contributed by atoms with van der Waals surface area (Å²) < 4.78 is 16.7. The Hall–Kier alpha value is -2.09. The van der Waals surface area contributed by atoms with Gasteiger partial charge in [0.1, 0.15) is 34.9 Å². The highest BCUT2D eigenvalue weighted by Gasteiger charge is 2.52. The highest BCUT2D eigenvalue weighted by molar-refractivity contribution is 5.97. The number of carbonyl (C=O) groups is 2. The first-order chi connectivity index (χ1) is 12.1. The molecule has 1 aliphatic heterocycles. The molecule has 154 valence electrons. The summed E-state index contributed by atoms with van der Waals surface area (Å²) in [6.07, 6.45) is 1.53. The topological polar surface area (TPSA) is 103 Å². The fraction of sp³-hybridized carbons (Fsp3) is 0.737. The summed E-state index contributed by atoms with van der Waals surface area (Å²) in [5.41, 5.74) is 3.70. The van der Waals surface area contributed by atoms with Gasteiger partial charge in [0.05, 0.1) is 0 Å². The van der Waals surface area contributed by atoms with Crippen LogP contribution in [0.3, 0.4) is 0 Å². The van der Waals surface area contributed by atoms with E-state index in [0.29, 0.717) is 0 Å². The second-order valence-corrected chi connectivity index (χ2v) is 8.87.